The maximum absolute atomic E-state index is 13.1. The molecule has 0 aromatic heterocycles. The van der Waals surface area contributed by atoms with E-state index in [-0.39, 0.29) is 49.7 Å². The van der Waals surface area contributed by atoms with Gasteiger partial charge in [-0.2, -0.15) is 52.7 Å². The van der Waals surface area contributed by atoms with E-state index in [1.54, 1.807) is 0 Å². The molecule has 4 N–H and O–H groups in total. The second-order valence-corrected chi connectivity index (χ2v) is 16.4. The molecule has 4 heterocycles. The van der Waals surface area contributed by atoms with Gasteiger partial charge in [-0.25, -0.2) is 9.59 Å². The quantitative estimate of drug-likeness (QED) is 0.195. The summed E-state index contributed by atoms with van der Waals surface area (Å²) in [5.74, 6) is 0. The molecule has 0 aliphatic carbocycles. The summed E-state index contributed by atoms with van der Waals surface area (Å²) in [5, 5.41) is 12.0. The van der Waals surface area contributed by atoms with Gasteiger partial charge in [0.2, 0.25) is 0 Å². The predicted octanol–water partition coefficient (Wildman–Crippen LogP) is 8.85. The number of alkyl halides is 12. The molecule has 4 aliphatic rings. The number of carbonyl (C=O) groups is 2. The van der Waals surface area contributed by atoms with Gasteiger partial charge >= 0.3 is 36.9 Å². The molecule has 2 aromatic rings. The third kappa shape index (κ3) is 11.7. The Kier molecular flexibility index (Phi) is 13.1. The van der Waals surface area contributed by atoms with Crippen LogP contribution in [0.2, 0.25) is 0 Å². The minimum Gasteiger partial charge on any atom is -0.447 e. The molecular weight excluding hydrogens is 836 g/mol. The van der Waals surface area contributed by atoms with Crippen molar-refractivity contribution in [3.8, 4) is 0 Å². The van der Waals surface area contributed by atoms with E-state index in [1.165, 1.54) is 13.8 Å². The Morgan fingerprint density at radius 1 is 0.550 bits per heavy atom. The number of cyclic esters (lactones) is 2. The van der Waals surface area contributed by atoms with Crippen molar-refractivity contribution in [2.24, 2.45) is 0 Å². The van der Waals surface area contributed by atoms with Crippen LogP contribution in [-0.4, -0.2) is 73.9 Å². The highest BCUT2D eigenvalue weighted by molar-refractivity contribution is 5.71. The van der Waals surface area contributed by atoms with E-state index in [0.717, 1.165) is 0 Å². The predicted molar refractivity (Wildman–Crippen MR) is 187 cm³/mol. The van der Waals surface area contributed by atoms with Crippen LogP contribution < -0.4 is 21.3 Å². The molecule has 10 nitrogen and oxygen atoms in total. The van der Waals surface area contributed by atoms with Crippen molar-refractivity contribution in [2.75, 3.05) is 39.5 Å². The molecule has 22 heteroatoms. The number of nitrogens with one attached hydrogen (secondary N) is 4. The van der Waals surface area contributed by atoms with Crippen molar-refractivity contribution in [1.29, 1.82) is 0 Å². The molecule has 0 radical (unpaired) electrons. The molecule has 0 saturated carbocycles. The maximum atomic E-state index is 13.1. The Hall–Kier alpha value is -4.02. The first-order valence-electron chi connectivity index (χ1n) is 18.6. The van der Waals surface area contributed by atoms with Crippen molar-refractivity contribution in [1.82, 2.24) is 21.3 Å². The molecule has 0 unspecified atom stereocenters. The number of hydrogen-bond donors (Lipinski definition) is 4. The number of ether oxygens (including phenoxy) is 4. The molecule has 0 bridgehead atoms. The van der Waals surface area contributed by atoms with Crippen LogP contribution in [0.5, 0.6) is 0 Å². The molecular formula is C38H44F12N4O6. The van der Waals surface area contributed by atoms with Crippen molar-refractivity contribution in [2.45, 2.75) is 112 Å². The van der Waals surface area contributed by atoms with Crippen LogP contribution in [0.3, 0.4) is 0 Å². The smallest absolute Gasteiger partial charge is 0.416 e. The van der Waals surface area contributed by atoms with Crippen LogP contribution in [0.4, 0.5) is 62.3 Å². The van der Waals surface area contributed by atoms with Gasteiger partial charge < -0.3 is 40.2 Å². The number of piperidine rings is 2. The number of halogens is 12. The fourth-order valence-corrected chi connectivity index (χ4v) is 7.08. The van der Waals surface area contributed by atoms with E-state index in [4.69, 9.17) is 18.9 Å². The first kappa shape index (κ1) is 47.0. The number of amides is 2. The van der Waals surface area contributed by atoms with E-state index in [2.05, 4.69) is 21.3 Å². The first-order chi connectivity index (χ1) is 27.4. The van der Waals surface area contributed by atoms with Gasteiger partial charge in [-0.3, -0.25) is 0 Å². The normalized spacial score (nSPS) is 28.3. The second kappa shape index (κ2) is 16.7. The van der Waals surface area contributed by atoms with Crippen LogP contribution in [0, 0.1) is 0 Å². The van der Waals surface area contributed by atoms with E-state index in [0.29, 0.717) is 63.0 Å². The summed E-state index contributed by atoms with van der Waals surface area (Å²) in [6.07, 6.45) is -20.3. The number of rotatable bonds is 8. The number of benzene rings is 2. The molecule has 4 fully saturated rings. The summed E-state index contributed by atoms with van der Waals surface area (Å²) < 4.78 is 178. The van der Waals surface area contributed by atoms with E-state index in [1.807, 2.05) is 13.8 Å². The molecule has 4 aliphatic heterocycles. The van der Waals surface area contributed by atoms with Crippen molar-refractivity contribution < 1.29 is 81.2 Å². The van der Waals surface area contributed by atoms with Gasteiger partial charge in [0.1, 0.15) is 13.2 Å². The second-order valence-electron chi connectivity index (χ2n) is 16.4. The Morgan fingerprint density at radius 3 is 1.07 bits per heavy atom. The van der Waals surface area contributed by atoms with Gasteiger partial charge in [0.25, 0.3) is 0 Å². The summed E-state index contributed by atoms with van der Waals surface area (Å²) in [6, 6.07) is 2.90. The van der Waals surface area contributed by atoms with Crippen LogP contribution in [-0.2, 0) is 43.7 Å². The van der Waals surface area contributed by atoms with Gasteiger partial charge in [0.15, 0.2) is 0 Å². The van der Waals surface area contributed by atoms with E-state index < -0.39 is 93.5 Å². The maximum Gasteiger partial charge on any atom is 0.416 e. The SMILES string of the molecule is C[C@@H](OC[C@@]1(C)CC[C@@]2(CN1)COC(=O)N2)c1cc(C(F)(F)F)cc(C(F)(F)F)c1.C[C@@H](OC[C@@]1(C)CC[C@]2(CN1)COC(=O)N2)c1cc(C(F)(F)F)cc(C(F)(F)F)c1. The van der Waals surface area contributed by atoms with Crippen molar-refractivity contribution in [3.05, 3.63) is 69.8 Å². The zero-order valence-electron chi connectivity index (χ0n) is 32.7. The Balaban J connectivity index is 0.000000228. The van der Waals surface area contributed by atoms with E-state index in [9.17, 15) is 62.3 Å². The zero-order valence-corrected chi connectivity index (χ0v) is 32.7. The molecule has 2 spiro atoms. The summed E-state index contributed by atoms with van der Waals surface area (Å²) in [6.45, 7) is 7.93. The molecule has 6 atom stereocenters. The number of carbonyl (C=O) groups excluding carboxylic acids is 2. The summed E-state index contributed by atoms with van der Waals surface area (Å²) in [7, 11) is 0. The minimum absolute atomic E-state index is 0.0661. The lowest BCUT2D eigenvalue weighted by molar-refractivity contribution is -0.145. The first-order valence-corrected chi connectivity index (χ1v) is 18.6. The van der Waals surface area contributed by atoms with Crippen molar-refractivity contribution >= 4 is 12.2 Å². The van der Waals surface area contributed by atoms with Gasteiger partial charge in [-0.1, -0.05) is 0 Å². The molecule has 60 heavy (non-hydrogen) atoms. The summed E-state index contributed by atoms with van der Waals surface area (Å²) >= 11 is 0. The third-order valence-corrected chi connectivity index (χ3v) is 11.2. The van der Waals surface area contributed by atoms with Gasteiger partial charge in [0.05, 0.1) is 58.8 Å². The topological polar surface area (TPSA) is 119 Å². The highest BCUT2D eigenvalue weighted by Crippen LogP contribution is 2.40. The van der Waals surface area contributed by atoms with Crippen LogP contribution >= 0.6 is 0 Å². The number of alkyl carbamates (subject to hydrolysis) is 2. The highest BCUT2D eigenvalue weighted by atomic mass is 19.4. The Bertz CT molecular complexity index is 1670. The average molecular weight is 881 g/mol. The Labute approximate surface area is 336 Å². The lowest BCUT2D eigenvalue weighted by Gasteiger charge is -2.43. The van der Waals surface area contributed by atoms with Gasteiger partial charge in [0, 0.05) is 24.2 Å². The van der Waals surface area contributed by atoms with Crippen LogP contribution in [0.15, 0.2) is 36.4 Å². The Morgan fingerprint density at radius 2 is 0.850 bits per heavy atom. The molecule has 336 valence electrons. The highest BCUT2D eigenvalue weighted by Gasteiger charge is 2.47. The summed E-state index contributed by atoms with van der Waals surface area (Å²) in [5.41, 5.74) is -8.02. The molecule has 6 rings (SSSR count). The lowest BCUT2D eigenvalue weighted by Crippen LogP contribution is -2.63. The van der Waals surface area contributed by atoms with Gasteiger partial charge in [-0.05, 0) is 101 Å². The third-order valence-electron chi connectivity index (χ3n) is 11.2. The van der Waals surface area contributed by atoms with E-state index >= 15 is 0 Å². The van der Waals surface area contributed by atoms with Gasteiger partial charge in [-0.15, -0.1) is 0 Å². The van der Waals surface area contributed by atoms with Crippen LogP contribution in [0.1, 0.15) is 99.0 Å². The number of hydrogen-bond acceptors (Lipinski definition) is 8. The molecule has 4 saturated heterocycles. The summed E-state index contributed by atoms with van der Waals surface area (Å²) in [4.78, 5) is 22.6. The average Bonchev–Trinajstić information content (AvgIpc) is 3.72. The standard InChI is InChI=1S/2C19H22F6N2O3/c2*1-11(12-5-13(18(20,21)22)7-14(6-12)19(23,24)25)29-9-16(2)3-4-17(8-26-16)10-30-15(28)27-17/h2*5-7,11,26H,3-4,8-10H2,1-2H3,(H,27,28)/t11-,16-,17+;11-,16-,17-/m11/s1. The minimum atomic E-state index is -4.91. The molecule has 2 aromatic carbocycles. The largest absolute Gasteiger partial charge is 0.447 e. The van der Waals surface area contributed by atoms with Crippen LogP contribution in [0.25, 0.3) is 0 Å². The van der Waals surface area contributed by atoms with Crippen molar-refractivity contribution in [3.63, 3.8) is 0 Å². The zero-order chi connectivity index (χ0) is 44.7. The lowest BCUT2D eigenvalue weighted by atomic mass is 9.82. The fourth-order valence-electron chi connectivity index (χ4n) is 7.08. The fraction of sp³-hybridized carbons (Fsp3) is 0.632. The monoisotopic (exact) mass is 880 g/mol. The molecule has 2 amide bonds.